The van der Waals surface area contributed by atoms with Crippen molar-refractivity contribution < 1.29 is 0 Å². The van der Waals surface area contributed by atoms with Crippen LogP contribution >= 0.6 is 0 Å². The third-order valence-electron chi connectivity index (χ3n) is 9.43. The summed E-state index contributed by atoms with van der Waals surface area (Å²) in [5.41, 5.74) is 11.3. The van der Waals surface area contributed by atoms with Gasteiger partial charge in [-0.25, -0.2) is 0 Å². The Morgan fingerprint density at radius 3 is 1.56 bits per heavy atom. The van der Waals surface area contributed by atoms with E-state index in [0.29, 0.717) is 11.1 Å². The van der Waals surface area contributed by atoms with Crippen LogP contribution in [0.5, 0.6) is 0 Å². The van der Waals surface area contributed by atoms with Gasteiger partial charge in [0.05, 0.1) is 45.0 Å². The Balaban J connectivity index is 1.25. The first-order valence-corrected chi connectivity index (χ1v) is 15.9. The molecule has 0 saturated carbocycles. The molecule has 2 aromatic heterocycles. The number of hydrogen-bond acceptors (Lipinski definition) is 2. The van der Waals surface area contributed by atoms with Gasteiger partial charge in [-0.3, -0.25) is 0 Å². The van der Waals surface area contributed by atoms with Crippen LogP contribution in [0.3, 0.4) is 0 Å². The highest BCUT2D eigenvalue weighted by Gasteiger charge is 2.20. The number of nitrogens with zero attached hydrogens (tertiary/aromatic N) is 4. The van der Waals surface area contributed by atoms with Crippen LogP contribution in [0.15, 0.2) is 158 Å². The Morgan fingerprint density at radius 2 is 0.896 bits per heavy atom. The molecule has 0 fully saturated rings. The van der Waals surface area contributed by atoms with Crippen molar-refractivity contribution in [2.45, 2.75) is 0 Å². The third kappa shape index (κ3) is 4.01. The van der Waals surface area contributed by atoms with Gasteiger partial charge in [0.25, 0.3) is 0 Å². The van der Waals surface area contributed by atoms with E-state index in [1.807, 2.05) is 36.4 Å². The van der Waals surface area contributed by atoms with Crippen LogP contribution in [0.2, 0.25) is 0 Å². The van der Waals surface area contributed by atoms with Crippen LogP contribution in [0, 0.1) is 22.7 Å². The lowest BCUT2D eigenvalue weighted by molar-refractivity contribution is 1.17. The van der Waals surface area contributed by atoms with Crippen LogP contribution in [0.25, 0.3) is 77.2 Å². The molecule has 0 bridgehead atoms. The molecule has 48 heavy (non-hydrogen) atoms. The number of aromatic nitrogens is 2. The highest BCUT2D eigenvalue weighted by Crippen LogP contribution is 2.41. The van der Waals surface area contributed by atoms with Gasteiger partial charge in [0.15, 0.2) is 0 Å². The second-order valence-corrected chi connectivity index (χ2v) is 11.9. The molecule has 9 rings (SSSR count). The number of hydrogen-bond donors (Lipinski definition) is 0. The summed E-state index contributed by atoms with van der Waals surface area (Å²) in [6.45, 7) is 0. The molecular weight excluding hydrogens is 585 g/mol. The van der Waals surface area contributed by atoms with E-state index in [4.69, 9.17) is 0 Å². The number of para-hydroxylation sites is 5. The lowest BCUT2D eigenvalue weighted by atomic mass is 9.90. The topological polar surface area (TPSA) is 57.4 Å². The molecule has 0 spiro atoms. The van der Waals surface area contributed by atoms with Gasteiger partial charge in [0.2, 0.25) is 0 Å². The van der Waals surface area contributed by atoms with Crippen LogP contribution in [-0.2, 0) is 0 Å². The molecule has 0 saturated heterocycles. The van der Waals surface area contributed by atoms with Crippen LogP contribution in [0.1, 0.15) is 11.1 Å². The Kier molecular flexibility index (Phi) is 6.22. The fourth-order valence-electron chi connectivity index (χ4n) is 7.41. The molecule has 2 heterocycles. The predicted octanol–water partition coefficient (Wildman–Crippen LogP) is 11.0. The summed E-state index contributed by atoms with van der Waals surface area (Å²) in [7, 11) is 0. The van der Waals surface area contributed by atoms with Gasteiger partial charge < -0.3 is 9.13 Å². The van der Waals surface area contributed by atoms with Crippen LogP contribution < -0.4 is 0 Å². The molecule has 4 heteroatoms. The maximum absolute atomic E-state index is 10.4. The molecule has 9 aromatic rings. The van der Waals surface area contributed by atoms with Crippen molar-refractivity contribution in [3.63, 3.8) is 0 Å². The normalized spacial score (nSPS) is 11.3. The SMILES string of the molecule is N#Cc1cccc(-c2ccccc2-n2c3ccccc3c3ccccc32)c1-c1ccc(-n2c3ccccc3c3cccc(C#N)c32)cc1. The van der Waals surface area contributed by atoms with Crippen LogP contribution in [0.4, 0.5) is 0 Å². The zero-order valence-electron chi connectivity index (χ0n) is 25.8. The van der Waals surface area contributed by atoms with E-state index in [2.05, 4.69) is 143 Å². The Labute approximate surface area is 277 Å². The molecule has 0 N–H and O–H groups in total. The van der Waals surface area contributed by atoms with Crippen molar-refractivity contribution in [2.24, 2.45) is 0 Å². The summed E-state index contributed by atoms with van der Waals surface area (Å²) in [4.78, 5) is 0. The first kappa shape index (κ1) is 27.4. The zero-order valence-corrected chi connectivity index (χ0v) is 25.8. The standard InChI is InChI=1S/C44H26N4/c45-27-30-11-9-17-37(35-15-3-8-22-42(35)48-40-20-6-1-13-33(40)34-14-2-7-21-41(34)48)43(30)29-23-25-32(26-24-29)47-39-19-5-4-16-36(39)38-18-10-12-31(28-46)44(38)47/h1-26H. The molecular formula is C44H26N4. The summed E-state index contributed by atoms with van der Waals surface area (Å²) in [5.74, 6) is 0. The third-order valence-corrected chi connectivity index (χ3v) is 9.43. The van der Waals surface area contributed by atoms with Gasteiger partial charge in [-0.1, -0.05) is 109 Å². The average Bonchev–Trinajstić information content (AvgIpc) is 3.68. The summed E-state index contributed by atoms with van der Waals surface area (Å²) in [6.07, 6.45) is 0. The van der Waals surface area contributed by atoms with Crippen LogP contribution in [-0.4, -0.2) is 9.13 Å². The molecule has 4 nitrogen and oxygen atoms in total. The van der Waals surface area contributed by atoms with Gasteiger partial charge in [-0.2, -0.15) is 10.5 Å². The van der Waals surface area contributed by atoms with Gasteiger partial charge in [0.1, 0.15) is 6.07 Å². The quantitative estimate of drug-likeness (QED) is 0.199. The van der Waals surface area contributed by atoms with E-state index in [0.717, 1.165) is 66.5 Å². The summed E-state index contributed by atoms with van der Waals surface area (Å²) in [6, 6.07) is 58.8. The minimum absolute atomic E-state index is 0.612. The summed E-state index contributed by atoms with van der Waals surface area (Å²) < 4.78 is 4.50. The Hall–Kier alpha value is -6.88. The second kappa shape index (κ2) is 10.9. The molecule has 0 amide bonds. The maximum Gasteiger partial charge on any atom is 0.101 e. The van der Waals surface area contributed by atoms with Crippen molar-refractivity contribution in [2.75, 3.05) is 0 Å². The number of nitriles is 2. The van der Waals surface area contributed by atoms with E-state index in [-0.39, 0.29) is 0 Å². The molecule has 222 valence electrons. The lowest BCUT2D eigenvalue weighted by Gasteiger charge is -2.18. The van der Waals surface area contributed by atoms with Gasteiger partial charge in [-0.15, -0.1) is 0 Å². The Morgan fingerprint density at radius 1 is 0.396 bits per heavy atom. The molecule has 7 aromatic carbocycles. The molecule has 0 unspecified atom stereocenters. The average molecular weight is 611 g/mol. The van der Waals surface area contributed by atoms with Crippen molar-refractivity contribution in [1.82, 2.24) is 9.13 Å². The van der Waals surface area contributed by atoms with Crippen molar-refractivity contribution >= 4 is 43.6 Å². The van der Waals surface area contributed by atoms with Crippen molar-refractivity contribution in [3.05, 3.63) is 169 Å². The van der Waals surface area contributed by atoms with Gasteiger partial charge in [0, 0.05) is 38.4 Å². The van der Waals surface area contributed by atoms with E-state index >= 15 is 0 Å². The largest absolute Gasteiger partial charge is 0.309 e. The monoisotopic (exact) mass is 610 g/mol. The number of rotatable bonds is 4. The predicted molar refractivity (Wildman–Crippen MR) is 195 cm³/mol. The molecule has 0 aliphatic heterocycles. The highest BCUT2D eigenvalue weighted by atomic mass is 15.0. The lowest BCUT2D eigenvalue weighted by Crippen LogP contribution is -1.99. The van der Waals surface area contributed by atoms with E-state index in [1.165, 1.54) is 10.8 Å². The van der Waals surface area contributed by atoms with E-state index in [1.54, 1.807) is 0 Å². The number of fused-ring (bicyclic) bond motifs is 6. The molecule has 0 aliphatic rings. The minimum atomic E-state index is 0.612. The summed E-state index contributed by atoms with van der Waals surface area (Å²) in [5, 5.41) is 25.0. The fraction of sp³-hybridized carbons (Fsp3) is 0. The maximum atomic E-state index is 10.4. The minimum Gasteiger partial charge on any atom is -0.309 e. The molecule has 0 aliphatic carbocycles. The Bertz CT molecular complexity index is 2750. The van der Waals surface area contributed by atoms with Crippen molar-refractivity contribution in [3.8, 4) is 45.8 Å². The van der Waals surface area contributed by atoms with E-state index < -0.39 is 0 Å². The number of benzene rings is 7. The van der Waals surface area contributed by atoms with Crippen molar-refractivity contribution in [1.29, 1.82) is 10.5 Å². The highest BCUT2D eigenvalue weighted by molar-refractivity contribution is 6.11. The van der Waals surface area contributed by atoms with Gasteiger partial charge >= 0.3 is 0 Å². The second-order valence-electron chi connectivity index (χ2n) is 11.9. The molecule has 0 atom stereocenters. The van der Waals surface area contributed by atoms with Gasteiger partial charge in [-0.05, 0) is 59.7 Å². The first-order chi connectivity index (χ1) is 23.8. The zero-order chi connectivity index (χ0) is 32.2. The van der Waals surface area contributed by atoms with E-state index in [9.17, 15) is 10.5 Å². The summed E-state index contributed by atoms with van der Waals surface area (Å²) >= 11 is 0. The fourth-order valence-corrected chi connectivity index (χ4v) is 7.41. The smallest absolute Gasteiger partial charge is 0.101 e. The molecule has 0 radical (unpaired) electrons. The first-order valence-electron chi connectivity index (χ1n) is 15.9.